The van der Waals surface area contributed by atoms with Gasteiger partial charge < -0.3 is 10.6 Å². The van der Waals surface area contributed by atoms with Crippen molar-refractivity contribution in [1.29, 1.82) is 0 Å². The highest BCUT2D eigenvalue weighted by Crippen LogP contribution is 2.14. The van der Waals surface area contributed by atoms with Crippen LogP contribution in [0.4, 0.5) is 0 Å². The Bertz CT molecular complexity index is 620. The number of hydrogen-bond acceptors (Lipinski definition) is 4. The van der Waals surface area contributed by atoms with Gasteiger partial charge in [0.05, 0.1) is 12.1 Å². The van der Waals surface area contributed by atoms with Gasteiger partial charge in [0.2, 0.25) is 5.91 Å². The molecule has 0 fully saturated rings. The van der Waals surface area contributed by atoms with Crippen LogP contribution in [0.25, 0.3) is 11.0 Å². The Hall–Kier alpha value is -2.44. The smallest absolute Gasteiger partial charge is 0.253 e. The molecule has 2 aromatic rings. The number of fused-ring (bicyclic) bond motifs is 1. The first-order valence-electron chi connectivity index (χ1n) is 5.97. The Morgan fingerprint density at radius 2 is 2.16 bits per heavy atom. The number of nitrogens with one attached hydrogen (secondary N) is 3. The largest absolute Gasteiger partial charge is 0.355 e. The second-order valence-electron chi connectivity index (χ2n) is 4.08. The molecule has 2 aromatic heterocycles. The van der Waals surface area contributed by atoms with Crippen molar-refractivity contribution in [2.45, 2.75) is 13.8 Å². The second kappa shape index (κ2) is 5.47. The Morgan fingerprint density at radius 1 is 1.37 bits per heavy atom. The van der Waals surface area contributed by atoms with Gasteiger partial charge >= 0.3 is 0 Å². The third-order valence-corrected chi connectivity index (χ3v) is 2.65. The minimum Gasteiger partial charge on any atom is -0.355 e. The molecule has 0 aliphatic carbocycles. The number of aromatic nitrogens is 3. The molecular formula is C12H15N5O2. The summed E-state index contributed by atoms with van der Waals surface area (Å²) in [6, 6.07) is 1.70. The van der Waals surface area contributed by atoms with Gasteiger partial charge in [0, 0.05) is 23.8 Å². The number of likely N-dealkylation sites (N-methyl/N-ethyl adjacent to an activating group) is 1. The van der Waals surface area contributed by atoms with Crippen molar-refractivity contribution >= 4 is 22.8 Å². The maximum Gasteiger partial charge on any atom is 0.253 e. The van der Waals surface area contributed by atoms with E-state index in [2.05, 4.69) is 25.8 Å². The van der Waals surface area contributed by atoms with Crippen LogP contribution >= 0.6 is 0 Å². The quantitative estimate of drug-likeness (QED) is 0.728. The molecule has 0 aliphatic heterocycles. The van der Waals surface area contributed by atoms with E-state index in [0.29, 0.717) is 17.8 Å². The number of rotatable bonds is 4. The zero-order valence-corrected chi connectivity index (χ0v) is 10.8. The van der Waals surface area contributed by atoms with Crippen molar-refractivity contribution in [3.05, 3.63) is 23.5 Å². The molecule has 0 atom stereocenters. The van der Waals surface area contributed by atoms with Crippen molar-refractivity contribution in [2.24, 2.45) is 0 Å². The molecule has 7 nitrogen and oxygen atoms in total. The number of hydrogen-bond donors (Lipinski definition) is 3. The molecule has 0 unspecified atom stereocenters. The molecule has 0 bridgehead atoms. The van der Waals surface area contributed by atoms with Crippen LogP contribution in [0.3, 0.4) is 0 Å². The van der Waals surface area contributed by atoms with Gasteiger partial charge in [0.15, 0.2) is 5.65 Å². The Labute approximate surface area is 109 Å². The molecule has 0 saturated carbocycles. The van der Waals surface area contributed by atoms with Crippen LogP contribution in [0.2, 0.25) is 0 Å². The molecule has 0 saturated heterocycles. The van der Waals surface area contributed by atoms with Crippen LogP contribution in [0, 0.1) is 6.92 Å². The van der Waals surface area contributed by atoms with Gasteiger partial charge in [-0.2, -0.15) is 5.10 Å². The van der Waals surface area contributed by atoms with E-state index in [0.717, 1.165) is 11.1 Å². The fraction of sp³-hybridized carbons (Fsp3) is 0.333. The number of H-pyrrole nitrogens is 1. The molecule has 19 heavy (non-hydrogen) atoms. The highest BCUT2D eigenvalue weighted by molar-refractivity contribution is 5.98. The fourth-order valence-corrected chi connectivity index (χ4v) is 1.67. The molecule has 0 spiro atoms. The van der Waals surface area contributed by atoms with Gasteiger partial charge in [-0.3, -0.25) is 14.7 Å². The van der Waals surface area contributed by atoms with Gasteiger partial charge in [0.1, 0.15) is 0 Å². The summed E-state index contributed by atoms with van der Waals surface area (Å²) in [6.07, 6.45) is 1.44. The SMILES string of the molecule is CCNC(=O)CNC(=O)c1cnc2n[nH]c(C)c2c1. The molecule has 7 heteroatoms. The molecule has 0 aliphatic rings. The van der Waals surface area contributed by atoms with Crippen LogP contribution in [-0.4, -0.2) is 40.1 Å². The van der Waals surface area contributed by atoms with Crippen molar-refractivity contribution in [3.63, 3.8) is 0 Å². The van der Waals surface area contributed by atoms with Gasteiger partial charge in [-0.15, -0.1) is 0 Å². The third-order valence-electron chi connectivity index (χ3n) is 2.65. The number of nitrogens with zero attached hydrogens (tertiary/aromatic N) is 2. The zero-order valence-electron chi connectivity index (χ0n) is 10.8. The number of aromatic amines is 1. The summed E-state index contributed by atoms with van der Waals surface area (Å²) >= 11 is 0. The van der Waals surface area contributed by atoms with Gasteiger partial charge in [0.25, 0.3) is 5.91 Å². The average molecular weight is 261 g/mol. The number of aryl methyl sites for hydroxylation is 1. The summed E-state index contributed by atoms with van der Waals surface area (Å²) in [4.78, 5) is 27.2. The molecule has 0 radical (unpaired) electrons. The van der Waals surface area contributed by atoms with Crippen LogP contribution in [-0.2, 0) is 4.79 Å². The number of pyridine rings is 1. The molecule has 2 amide bonds. The summed E-state index contributed by atoms with van der Waals surface area (Å²) in [5.41, 5.74) is 1.82. The van der Waals surface area contributed by atoms with Crippen molar-refractivity contribution in [3.8, 4) is 0 Å². The van der Waals surface area contributed by atoms with Crippen LogP contribution in [0.5, 0.6) is 0 Å². The number of carbonyl (C=O) groups excluding carboxylic acids is 2. The average Bonchev–Trinajstić information content (AvgIpc) is 2.78. The zero-order chi connectivity index (χ0) is 13.8. The second-order valence-corrected chi connectivity index (χ2v) is 4.08. The van der Waals surface area contributed by atoms with E-state index < -0.39 is 0 Å². The lowest BCUT2D eigenvalue weighted by molar-refractivity contribution is -0.120. The van der Waals surface area contributed by atoms with Gasteiger partial charge in [-0.05, 0) is 19.9 Å². The van der Waals surface area contributed by atoms with Crippen molar-refractivity contribution in [2.75, 3.05) is 13.1 Å². The van der Waals surface area contributed by atoms with Gasteiger partial charge in [-0.1, -0.05) is 0 Å². The summed E-state index contributed by atoms with van der Waals surface area (Å²) < 4.78 is 0. The lowest BCUT2D eigenvalue weighted by Gasteiger charge is -2.05. The van der Waals surface area contributed by atoms with E-state index in [4.69, 9.17) is 0 Å². The molecule has 3 N–H and O–H groups in total. The van der Waals surface area contributed by atoms with E-state index in [9.17, 15) is 9.59 Å². The number of carbonyl (C=O) groups is 2. The van der Waals surface area contributed by atoms with Crippen LogP contribution in [0.1, 0.15) is 23.0 Å². The third kappa shape index (κ3) is 2.87. The predicted molar refractivity (Wildman–Crippen MR) is 69.6 cm³/mol. The first kappa shape index (κ1) is 13.0. The van der Waals surface area contributed by atoms with E-state index in [1.165, 1.54) is 6.20 Å². The summed E-state index contributed by atoms with van der Waals surface area (Å²) in [6.45, 7) is 4.16. The summed E-state index contributed by atoms with van der Waals surface area (Å²) in [7, 11) is 0. The van der Waals surface area contributed by atoms with E-state index >= 15 is 0 Å². The van der Waals surface area contributed by atoms with Crippen molar-refractivity contribution < 1.29 is 9.59 Å². The lowest BCUT2D eigenvalue weighted by Crippen LogP contribution is -2.36. The maximum absolute atomic E-state index is 11.9. The molecule has 100 valence electrons. The first-order chi connectivity index (χ1) is 9.11. The Kier molecular flexibility index (Phi) is 3.74. The first-order valence-corrected chi connectivity index (χ1v) is 5.97. The van der Waals surface area contributed by atoms with Gasteiger partial charge in [-0.25, -0.2) is 4.98 Å². The predicted octanol–water partition coefficient (Wildman–Crippen LogP) is 0.132. The van der Waals surface area contributed by atoms with E-state index in [1.807, 2.05) is 13.8 Å². The monoisotopic (exact) mass is 261 g/mol. The highest BCUT2D eigenvalue weighted by atomic mass is 16.2. The minimum atomic E-state index is -0.332. The van der Waals surface area contributed by atoms with E-state index in [1.54, 1.807) is 6.07 Å². The maximum atomic E-state index is 11.9. The van der Waals surface area contributed by atoms with Crippen LogP contribution in [0.15, 0.2) is 12.3 Å². The minimum absolute atomic E-state index is 0.0465. The standard InChI is InChI=1S/C12H15N5O2/c1-3-13-10(18)6-15-12(19)8-4-9-7(2)16-17-11(9)14-5-8/h4-5H,3,6H2,1-2H3,(H,13,18)(H,15,19)(H,14,16,17). The Morgan fingerprint density at radius 3 is 2.89 bits per heavy atom. The van der Waals surface area contributed by atoms with E-state index in [-0.39, 0.29) is 18.4 Å². The molecule has 2 rings (SSSR count). The summed E-state index contributed by atoms with van der Waals surface area (Å²) in [5, 5.41) is 12.7. The Balaban J connectivity index is 2.08. The fourth-order valence-electron chi connectivity index (χ4n) is 1.67. The highest BCUT2D eigenvalue weighted by Gasteiger charge is 2.11. The summed E-state index contributed by atoms with van der Waals surface area (Å²) in [5.74, 6) is -0.550. The molecule has 0 aromatic carbocycles. The number of amides is 2. The normalized spacial score (nSPS) is 10.4. The lowest BCUT2D eigenvalue weighted by atomic mass is 10.2. The van der Waals surface area contributed by atoms with Crippen molar-refractivity contribution in [1.82, 2.24) is 25.8 Å². The molecule has 2 heterocycles. The van der Waals surface area contributed by atoms with Crippen LogP contribution < -0.4 is 10.6 Å². The molecular weight excluding hydrogens is 246 g/mol. The topological polar surface area (TPSA) is 99.8 Å².